The predicted octanol–water partition coefficient (Wildman–Crippen LogP) is 7.78. The molecule has 2 fully saturated rings. The van der Waals surface area contributed by atoms with Gasteiger partial charge in [-0.3, -0.25) is 4.99 Å². The van der Waals surface area contributed by atoms with E-state index >= 15 is 0 Å². The van der Waals surface area contributed by atoms with Crippen LogP contribution in [0.4, 0.5) is 0 Å². The first-order valence-corrected chi connectivity index (χ1v) is 14.3. The maximum atomic E-state index is 6.42. The third-order valence-electron chi connectivity index (χ3n) is 7.22. The Morgan fingerprint density at radius 3 is 2.57 bits per heavy atom. The van der Waals surface area contributed by atoms with Gasteiger partial charge >= 0.3 is 0 Å². The van der Waals surface area contributed by atoms with Crippen molar-refractivity contribution >= 4 is 28.8 Å². The minimum atomic E-state index is 0.138. The lowest BCUT2D eigenvalue weighted by Crippen LogP contribution is -2.43. The van der Waals surface area contributed by atoms with Crippen molar-refractivity contribution in [2.24, 2.45) is 9.98 Å². The highest BCUT2D eigenvalue weighted by molar-refractivity contribution is 6.30. The molecule has 0 amide bonds. The molecule has 2 saturated heterocycles. The standard InChI is InChI=1S/C31H45ClN4O/c1-7-9-19-37-30-15-14-26(32)22-27(30)25(5)36-18-11-10-13-29(36)28(33-6)21-24(4)34-31(20-23(3)8-2)35-16-12-17-35/h14-15,20-22,29H,5,7-13,16-19H2,1-4,6H3/b23-20+,24-21+,33-28?,34-31-. The maximum Gasteiger partial charge on any atom is 0.128 e. The summed E-state index contributed by atoms with van der Waals surface area (Å²) in [6.45, 7) is 16.9. The second-order valence-electron chi connectivity index (χ2n) is 10.1. The van der Waals surface area contributed by atoms with E-state index in [4.69, 9.17) is 26.3 Å². The molecule has 2 heterocycles. The van der Waals surface area contributed by atoms with Crippen molar-refractivity contribution in [3.05, 3.63) is 58.8 Å². The number of ether oxygens (including phenoxy) is 1. The van der Waals surface area contributed by atoms with Gasteiger partial charge in [-0.1, -0.05) is 44.0 Å². The van der Waals surface area contributed by atoms with Crippen molar-refractivity contribution in [2.75, 3.05) is 33.3 Å². The van der Waals surface area contributed by atoms with Gasteiger partial charge in [0.1, 0.15) is 11.6 Å². The van der Waals surface area contributed by atoms with Gasteiger partial charge in [-0.15, -0.1) is 0 Å². The van der Waals surface area contributed by atoms with E-state index in [1.807, 2.05) is 25.2 Å². The molecule has 202 valence electrons. The number of halogens is 1. The van der Waals surface area contributed by atoms with Gasteiger partial charge in [-0.2, -0.15) is 0 Å². The molecule has 2 aliphatic heterocycles. The molecule has 0 aliphatic carbocycles. The zero-order chi connectivity index (χ0) is 26.8. The minimum absolute atomic E-state index is 0.138. The number of hydrogen-bond donors (Lipinski definition) is 0. The smallest absolute Gasteiger partial charge is 0.128 e. The first kappa shape index (κ1) is 29.0. The Balaban J connectivity index is 1.88. The number of allylic oxidation sites excluding steroid dienone is 2. The van der Waals surface area contributed by atoms with Gasteiger partial charge in [-0.05, 0) is 82.7 Å². The highest BCUT2D eigenvalue weighted by atomic mass is 35.5. The number of rotatable bonds is 11. The third kappa shape index (κ3) is 7.98. The molecule has 6 heteroatoms. The number of amidine groups is 1. The molecule has 0 N–H and O–H groups in total. The SMILES string of the molecule is C=C(c1cc(Cl)ccc1OCCCC)N1CCCCC1C(/C=C(C)/N=C(/C=C(\C)CC)N1CCC1)=NC. The Bertz CT molecular complexity index is 1050. The zero-order valence-corrected chi connectivity index (χ0v) is 24.3. The van der Waals surface area contributed by atoms with Gasteiger partial charge in [0.05, 0.1) is 18.4 Å². The van der Waals surface area contributed by atoms with Gasteiger partial charge in [0.2, 0.25) is 0 Å². The quantitative estimate of drug-likeness (QED) is 0.168. The van der Waals surface area contributed by atoms with E-state index in [1.54, 1.807) is 0 Å². The number of benzene rings is 1. The summed E-state index contributed by atoms with van der Waals surface area (Å²) >= 11 is 6.42. The van der Waals surface area contributed by atoms with E-state index in [0.717, 1.165) is 92.4 Å². The van der Waals surface area contributed by atoms with Crippen molar-refractivity contribution in [1.29, 1.82) is 0 Å². The molecule has 1 unspecified atom stereocenters. The Hall–Kier alpha value is -2.53. The summed E-state index contributed by atoms with van der Waals surface area (Å²) in [6.07, 6.45) is 12.1. The van der Waals surface area contributed by atoms with Crippen LogP contribution in [-0.4, -0.2) is 60.7 Å². The number of hydrogen-bond acceptors (Lipinski definition) is 4. The van der Waals surface area contributed by atoms with Crippen LogP contribution < -0.4 is 4.74 Å². The number of nitrogens with zero attached hydrogens (tertiary/aromatic N) is 4. The average molecular weight is 525 g/mol. The summed E-state index contributed by atoms with van der Waals surface area (Å²) in [5.74, 6) is 1.91. The van der Waals surface area contributed by atoms with Crippen LogP contribution in [0.3, 0.4) is 0 Å². The second kappa shape index (κ2) is 14.4. The molecule has 1 aromatic rings. The lowest BCUT2D eigenvalue weighted by atomic mass is 9.95. The summed E-state index contributed by atoms with van der Waals surface area (Å²) in [7, 11) is 1.88. The van der Waals surface area contributed by atoms with Crippen LogP contribution in [0.2, 0.25) is 5.02 Å². The monoisotopic (exact) mass is 524 g/mol. The van der Waals surface area contributed by atoms with Crippen LogP contribution >= 0.6 is 11.6 Å². The minimum Gasteiger partial charge on any atom is -0.493 e. The van der Waals surface area contributed by atoms with Crippen molar-refractivity contribution in [1.82, 2.24) is 9.80 Å². The normalized spacial score (nSPS) is 19.7. The molecule has 2 aliphatic rings. The Labute approximate surface area is 229 Å². The van der Waals surface area contributed by atoms with Gasteiger partial charge in [0.25, 0.3) is 0 Å². The molecule has 0 spiro atoms. The van der Waals surface area contributed by atoms with Crippen molar-refractivity contribution in [3.63, 3.8) is 0 Å². The van der Waals surface area contributed by atoms with Gasteiger partial charge in [0.15, 0.2) is 0 Å². The first-order chi connectivity index (χ1) is 17.9. The molecule has 0 saturated carbocycles. The first-order valence-electron chi connectivity index (χ1n) is 13.9. The molecule has 1 atom stereocenters. The fourth-order valence-electron chi connectivity index (χ4n) is 4.70. The van der Waals surface area contributed by atoms with Crippen LogP contribution in [0.25, 0.3) is 5.70 Å². The summed E-state index contributed by atoms with van der Waals surface area (Å²) in [5.41, 5.74) is 5.26. The van der Waals surface area contributed by atoms with E-state index in [1.165, 1.54) is 12.0 Å². The Kier molecular flexibility index (Phi) is 11.3. The zero-order valence-electron chi connectivity index (χ0n) is 23.5. The Morgan fingerprint density at radius 2 is 1.92 bits per heavy atom. The molecule has 3 rings (SSSR count). The average Bonchev–Trinajstić information content (AvgIpc) is 2.86. The van der Waals surface area contributed by atoms with E-state index in [9.17, 15) is 0 Å². The maximum absolute atomic E-state index is 6.42. The fraction of sp³-hybridized carbons (Fsp3) is 0.548. The van der Waals surface area contributed by atoms with Crippen molar-refractivity contribution in [3.8, 4) is 5.75 Å². The highest BCUT2D eigenvalue weighted by Crippen LogP contribution is 2.34. The summed E-state index contributed by atoms with van der Waals surface area (Å²) < 4.78 is 6.14. The summed E-state index contributed by atoms with van der Waals surface area (Å²) in [6, 6.07) is 5.97. The van der Waals surface area contributed by atoms with E-state index in [-0.39, 0.29) is 6.04 Å². The number of aliphatic imine (C=N–C) groups is 2. The molecule has 5 nitrogen and oxygen atoms in total. The molecular formula is C31H45ClN4O. The van der Waals surface area contributed by atoms with Gasteiger partial charge in [0, 0.05) is 48.7 Å². The fourth-order valence-corrected chi connectivity index (χ4v) is 4.87. The molecule has 0 aromatic heterocycles. The molecule has 37 heavy (non-hydrogen) atoms. The lowest BCUT2D eigenvalue weighted by molar-refractivity contribution is 0.278. The van der Waals surface area contributed by atoms with E-state index in [0.29, 0.717) is 11.6 Å². The Morgan fingerprint density at radius 1 is 1.14 bits per heavy atom. The van der Waals surface area contributed by atoms with E-state index in [2.05, 4.69) is 56.2 Å². The molecule has 1 aromatic carbocycles. The van der Waals surface area contributed by atoms with Gasteiger partial charge < -0.3 is 14.5 Å². The lowest BCUT2D eigenvalue weighted by Gasteiger charge is -2.39. The molecule has 0 bridgehead atoms. The molecular weight excluding hydrogens is 480 g/mol. The summed E-state index contributed by atoms with van der Waals surface area (Å²) in [4.78, 5) is 14.5. The summed E-state index contributed by atoms with van der Waals surface area (Å²) in [5, 5.41) is 0.691. The van der Waals surface area contributed by atoms with Crippen molar-refractivity contribution < 1.29 is 4.74 Å². The van der Waals surface area contributed by atoms with Crippen LogP contribution in [0.5, 0.6) is 5.75 Å². The van der Waals surface area contributed by atoms with Crippen LogP contribution in [0.1, 0.15) is 78.2 Å². The number of piperidine rings is 1. The molecule has 0 radical (unpaired) electrons. The third-order valence-corrected chi connectivity index (χ3v) is 7.45. The van der Waals surface area contributed by atoms with Crippen LogP contribution in [-0.2, 0) is 0 Å². The van der Waals surface area contributed by atoms with Crippen LogP contribution in [0, 0.1) is 0 Å². The van der Waals surface area contributed by atoms with Crippen LogP contribution in [0.15, 0.2) is 58.2 Å². The second-order valence-corrected chi connectivity index (χ2v) is 10.5. The van der Waals surface area contributed by atoms with Gasteiger partial charge in [-0.25, -0.2) is 4.99 Å². The number of likely N-dealkylation sites (tertiary alicyclic amines) is 2. The van der Waals surface area contributed by atoms with Crippen molar-refractivity contribution in [2.45, 2.75) is 78.7 Å². The van der Waals surface area contributed by atoms with E-state index < -0.39 is 0 Å². The number of unbranched alkanes of at least 4 members (excludes halogenated alkanes) is 1. The predicted molar refractivity (Wildman–Crippen MR) is 160 cm³/mol. The highest BCUT2D eigenvalue weighted by Gasteiger charge is 2.28. The largest absolute Gasteiger partial charge is 0.493 e. The topological polar surface area (TPSA) is 40.4 Å².